The van der Waals surface area contributed by atoms with Gasteiger partial charge in [0.2, 0.25) is 0 Å². The fourth-order valence-corrected chi connectivity index (χ4v) is 3.96. The fraction of sp³-hybridized carbons (Fsp3) is 0.250. The van der Waals surface area contributed by atoms with Crippen molar-refractivity contribution in [2.45, 2.75) is 33.6 Å². The molecule has 0 radical (unpaired) electrons. The lowest BCUT2D eigenvalue weighted by molar-refractivity contribution is -0.384. The third kappa shape index (κ3) is 4.39. The first-order chi connectivity index (χ1) is 15.2. The molecule has 32 heavy (non-hydrogen) atoms. The van der Waals surface area contributed by atoms with Gasteiger partial charge in [0, 0.05) is 35.4 Å². The summed E-state index contributed by atoms with van der Waals surface area (Å²) in [5.74, 6) is 0.453. The molecule has 0 aliphatic heterocycles. The lowest BCUT2D eigenvalue weighted by Gasteiger charge is -2.29. The summed E-state index contributed by atoms with van der Waals surface area (Å²) in [4.78, 5) is 23.5. The standard InChI is InChI=1S/C24H24N4O4/c1-15-21-19(27-26-16-8-5-4-6-9-16)13-24(2,3)14-20(21)32-22(15)23(29)25-17-10-7-11-18(12-17)28(30)31/h4-12,26H,13-14H2,1-3H3,(H,25,29)/b27-19-. The van der Waals surface area contributed by atoms with Crippen molar-refractivity contribution in [3.05, 3.63) is 87.4 Å². The maximum Gasteiger partial charge on any atom is 0.291 e. The molecular weight excluding hydrogens is 408 g/mol. The number of non-ortho nitro benzene ring substituents is 1. The van der Waals surface area contributed by atoms with Gasteiger partial charge < -0.3 is 9.73 Å². The number of nitrogens with one attached hydrogen (secondary N) is 2. The highest BCUT2D eigenvalue weighted by Gasteiger charge is 2.36. The van der Waals surface area contributed by atoms with E-state index in [2.05, 4.69) is 29.7 Å². The van der Waals surface area contributed by atoms with Crippen LogP contribution in [0, 0.1) is 22.5 Å². The fourth-order valence-electron chi connectivity index (χ4n) is 3.96. The van der Waals surface area contributed by atoms with Crippen molar-refractivity contribution in [3.63, 3.8) is 0 Å². The third-order valence-electron chi connectivity index (χ3n) is 5.41. The van der Waals surface area contributed by atoms with Gasteiger partial charge in [-0.3, -0.25) is 20.3 Å². The normalized spacial score (nSPS) is 15.8. The summed E-state index contributed by atoms with van der Waals surface area (Å²) >= 11 is 0. The molecule has 8 heteroatoms. The molecule has 3 aromatic rings. The van der Waals surface area contributed by atoms with Crippen LogP contribution in [0.4, 0.5) is 17.1 Å². The zero-order valence-electron chi connectivity index (χ0n) is 18.1. The topological polar surface area (TPSA) is 110 Å². The van der Waals surface area contributed by atoms with E-state index in [1.807, 2.05) is 37.3 Å². The van der Waals surface area contributed by atoms with Crippen molar-refractivity contribution < 1.29 is 14.1 Å². The van der Waals surface area contributed by atoms with E-state index in [0.717, 1.165) is 29.1 Å². The maximum atomic E-state index is 13.0. The molecule has 0 bridgehead atoms. The smallest absolute Gasteiger partial charge is 0.291 e. The third-order valence-corrected chi connectivity index (χ3v) is 5.41. The van der Waals surface area contributed by atoms with Crippen molar-refractivity contribution >= 4 is 28.7 Å². The summed E-state index contributed by atoms with van der Waals surface area (Å²) in [6, 6.07) is 15.5. The lowest BCUT2D eigenvalue weighted by Crippen LogP contribution is -2.27. The van der Waals surface area contributed by atoms with Gasteiger partial charge in [0.15, 0.2) is 5.76 Å². The Hall–Kier alpha value is -3.94. The van der Waals surface area contributed by atoms with E-state index in [4.69, 9.17) is 4.42 Å². The Labute approximate surface area is 185 Å². The molecule has 0 spiro atoms. The number of fused-ring (bicyclic) bond motifs is 1. The van der Waals surface area contributed by atoms with Crippen LogP contribution < -0.4 is 10.7 Å². The van der Waals surface area contributed by atoms with Crippen molar-refractivity contribution in [3.8, 4) is 0 Å². The number of anilines is 2. The Balaban J connectivity index is 1.65. The Morgan fingerprint density at radius 3 is 2.53 bits per heavy atom. The number of rotatable bonds is 5. The molecule has 2 N–H and O–H groups in total. The van der Waals surface area contributed by atoms with Crippen LogP contribution in [0.1, 0.15) is 47.7 Å². The summed E-state index contributed by atoms with van der Waals surface area (Å²) < 4.78 is 6.01. The van der Waals surface area contributed by atoms with Gasteiger partial charge in [0.05, 0.1) is 16.3 Å². The van der Waals surface area contributed by atoms with E-state index in [1.54, 1.807) is 6.07 Å². The minimum Gasteiger partial charge on any atom is -0.455 e. The van der Waals surface area contributed by atoms with Gasteiger partial charge in [-0.2, -0.15) is 5.10 Å². The Bertz CT molecular complexity index is 1210. The molecule has 0 saturated heterocycles. The molecule has 1 amide bonds. The SMILES string of the molecule is Cc1c(C(=O)Nc2cccc([N+](=O)[O-])c2)oc2c1/C(=N\Nc1ccccc1)CC(C)(C)C2. The lowest BCUT2D eigenvalue weighted by atomic mass is 9.75. The van der Waals surface area contributed by atoms with Crippen LogP contribution in [0.25, 0.3) is 0 Å². The zero-order valence-corrected chi connectivity index (χ0v) is 18.1. The number of hydrogen-bond donors (Lipinski definition) is 2. The number of amides is 1. The summed E-state index contributed by atoms with van der Waals surface area (Å²) in [5, 5.41) is 18.4. The van der Waals surface area contributed by atoms with E-state index < -0.39 is 10.8 Å². The summed E-state index contributed by atoms with van der Waals surface area (Å²) in [5.41, 5.74) is 6.50. The van der Waals surface area contributed by atoms with Crippen LogP contribution in [0.2, 0.25) is 0 Å². The number of para-hydroxylation sites is 1. The first-order valence-electron chi connectivity index (χ1n) is 10.3. The predicted molar refractivity (Wildman–Crippen MR) is 123 cm³/mol. The number of nitro benzene ring substituents is 1. The van der Waals surface area contributed by atoms with Crippen LogP contribution in [-0.2, 0) is 6.42 Å². The van der Waals surface area contributed by atoms with Gasteiger partial charge in [-0.1, -0.05) is 38.1 Å². The van der Waals surface area contributed by atoms with E-state index >= 15 is 0 Å². The zero-order chi connectivity index (χ0) is 22.9. The summed E-state index contributed by atoms with van der Waals surface area (Å²) in [7, 11) is 0. The number of benzene rings is 2. The quantitative estimate of drug-likeness (QED) is 0.406. The molecular formula is C24H24N4O4. The second-order valence-corrected chi connectivity index (χ2v) is 8.67. The van der Waals surface area contributed by atoms with Crippen molar-refractivity contribution in [1.29, 1.82) is 0 Å². The van der Waals surface area contributed by atoms with E-state index in [-0.39, 0.29) is 16.9 Å². The molecule has 0 unspecified atom stereocenters. The van der Waals surface area contributed by atoms with E-state index in [1.165, 1.54) is 18.2 Å². The Morgan fingerprint density at radius 2 is 1.81 bits per heavy atom. The van der Waals surface area contributed by atoms with Crippen molar-refractivity contribution in [2.75, 3.05) is 10.7 Å². The van der Waals surface area contributed by atoms with Crippen LogP contribution in [0.3, 0.4) is 0 Å². The minimum absolute atomic E-state index is 0.0811. The number of carbonyl (C=O) groups is 1. The largest absolute Gasteiger partial charge is 0.455 e. The molecule has 164 valence electrons. The summed E-state index contributed by atoms with van der Waals surface area (Å²) in [6.45, 7) is 6.10. The van der Waals surface area contributed by atoms with E-state index in [0.29, 0.717) is 17.7 Å². The van der Waals surface area contributed by atoms with Crippen LogP contribution in [0.15, 0.2) is 64.1 Å². The highest BCUT2D eigenvalue weighted by Crippen LogP contribution is 2.39. The molecule has 8 nitrogen and oxygen atoms in total. The number of carbonyl (C=O) groups excluding carboxylic acids is 1. The maximum absolute atomic E-state index is 13.0. The molecule has 1 aliphatic rings. The number of nitro groups is 1. The molecule has 1 aromatic heterocycles. The van der Waals surface area contributed by atoms with Gasteiger partial charge >= 0.3 is 0 Å². The molecule has 0 saturated carbocycles. The Morgan fingerprint density at radius 1 is 1.09 bits per heavy atom. The molecule has 4 rings (SSSR count). The van der Waals surface area contributed by atoms with Gasteiger partial charge in [-0.05, 0) is 37.0 Å². The number of hydrazone groups is 1. The molecule has 0 fully saturated rings. The average molecular weight is 432 g/mol. The van der Waals surface area contributed by atoms with Gasteiger partial charge in [-0.15, -0.1) is 0 Å². The average Bonchev–Trinajstić information content (AvgIpc) is 3.08. The highest BCUT2D eigenvalue weighted by molar-refractivity contribution is 6.09. The van der Waals surface area contributed by atoms with Gasteiger partial charge in [-0.25, -0.2) is 0 Å². The minimum atomic E-state index is -0.503. The van der Waals surface area contributed by atoms with Gasteiger partial charge in [0.25, 0.3) is 11.6 Å². The number of nitrogens with zero attached hydrogens (tertiary/aromatic N) is 2. The van der Waals surface area contributed by atoms with E-state index in [9.17, 15) is 14.9 Å². The van der Waals surface area contributed by atoms with Gasteiger partial charge in [0.1, 0.15) is 5.76 Å². The molecule has 2 aromatic carbocycles. The van der Waals surface area contributed by atoms with Crippen LogP contribution in [0.5, 0.6) is 0 Å². The predicted octanol–water partition coefficient (Wildman–Crippen LogP) is 5.54. The molecule has 1 aliphatic carbocycles. The number of furan rings is 1. The second-order valence-electron chi connectivity index (χ2n) is 8.67. The Kier molecular flexibility index (Phi) is 5.52. The number of hydrogen-bond acceptors (Lipinski definition) is 6. The first kappa shape index (κ1) is 21.3. The van der Waals surface area contributed by atoms with Crippen LogP contribution in [-0.4, -0.2) is 16.5 Å². The second kappa shape index (κ2) is 8.30. The molecule has 1 heterocycles. The first-order valence-corrected chi connectivity index (χ1v) is 10.3. The van der Waals surface area contributed by atoms with Crippen LogP contribution >= 0.6 is 0 Å². The highest BCUT2D eigenvalue weighted by atomic mass is 16.6. The molecule has 0 atom stereocenters. The van der Waals surface area contributed by atoms with Crippen molar-refractivity contribution in [2.24, 2.45) is 10.5 Å². The summed E-state index contributed by atoms with van der Waals surface area (Å²) in [6.07, 6.45) is 1.41. The van der Waals surface area contributed by atoms with Crippen molar-refractivity contribution in [1.82, 2.24) is 0 Å². The monoisotopic (exact) mass is 432 g/mol.